The third-order valence-corrected chi connectivity index (χ3v) is 4.00. The Balaban J connectivity index is 1.79. The van der Waals surface area contributed by atoms with Gasteiger partial charge in [-0.3, -0.25) is 4.68 Å². The summed E-state index contributed by atoms with van der Waals surface area (Å²) >= 11 is 9.54. The van der Waals surface area contributed by atoms with Crippen molar-refractivity contribution in [2.24, 2.45) is 7.05 Å². The maximum absolute atomic E-state index is 6.19. The zero-order valence-electron chi connectivity index (χ0n) is 10.9. The molecule has 2 aromatic rings. The molecule has 1 aliphatic heterocycles. The van der Waals surface area contributed by atoms with Gasteiger partial charge in [0.25, 0.3) is 0 Å². The summed E-state index contributed by atoms with van der Waals surface area (Å²) < 4.78 is 8.44. The molecule has 0 spiro atoms. The Morgan fingerprint density at radius 2 is 2.35 bits per heavy atom. The van der Waals surface area contributed by atoms with Crippen LogP contribution >= 0.6 is 27.5 Å². The molecule has 1 fully saturated rings. The van der Waals surface area contributed by atoms with Crippen molar-refractivity contribution in [1.82, 2.24) is 14.8 Å². The second-order valence-electron chi connectivity index (χ2n) is 4.76. The van der Waals surface area contributed by atoms with Crippen LogP contribution in [0.1, 0.15) is 18.1 Å². The fourth-order valence-corrected chi connectivity index (χ4v) is 3.03. The number of halogens is 2. The largest absolute Gasteiger partial charge is 0.371 e. The third-order valence-electron chi connectivity index (χ3n) is 3.28. The quantitative estimate of drug-likeness (QED) is 0.917. The van der Waals surface area contributed by atoms with Crippen LogP contribution in [0.2, 0.25) is 5.02 Å². The van der Waals surface area contributed by atoms with Crippen molar-refractivity contribution in [3.63, 3.8) is 0 Å². The average molecular weight is 358 g/mol. The number of ether oxygens (including phenoxy) is 1. The van der Waals surface area contributed by atoms with Crippen LogP contribution in [0.15, 0.2) is 29.1 Å². The molecule has 2 atom stereocenters. The third kappa shape index (κ3) is 2.82. The van der Waals surface area contributed by atoms with E-state index < -0.39 is 0 Å². The van der Waals surface area contributed by atoms with Crippen molar-refractivity contribution in [3.8, 4) is 0 Å². The van der Waals surface area contributed by atoms with Crippen LogP contribution in [0.5, 0.6) is 0 Å². The highest BCUT2D eigenvalue weighted by Gasteiger charge is 2.31. The molecule has 0 unspecified atom stereocenters. The first kappa shape index (κ1) is 13.9. The first-order valence-electron chi connectivity index (χ1n) is 6.31. The van der Waals surface area contributed by atoms with Gasteiger partial charge in [-0.25, -0.2) is 4.98 Å². The molecule has 1 saturated heterocycles. The maximum atomic E-state index is 6.19. The Hall–Kier alpha value is -1.11. The van der Waals surface area contributed by atoms with E-state index in [0.29, 0.717) is 17.4 Å². The van der Waals surface area contributed by atoms with Gasteiger partial charge in [0.15, 0.2) is 0 Å². The molecule has 0 radical (unpaired) electrons. The Morgan fingerprint density at radius 3 is 3.05 bits per heavy atom. The van der Waals surface area contributed by atoms with Crippen LogP contribution in [0.3, 0.4) is 0 Å². The lowest BCUT2D eigenvalue weighted by atomic mass is 10.1. The predicted molar refractivity (Wildman–Crippen MR) is 80.9 cm³/mol. The fraction of sp³-hybridized carbons (Fsp3) is 0.385. The van der Waals surface area contributed by atoms with Crippen molar-refractivity contribution in [1.29, 1.82) is 0 Å². The molecule has 0 aliphatic carbocycles. The second-order valence-corrected chi connectivity index (χ2v) is 6.09. The van der Waals surface area contributed by atoms with E-state index in [1.807, 2.05) is 25.5 Å². The SMILES string of the molecule is Cn1cc([C@H]2OCC[C@@H]2Nc2ncc(Br)cc2Cl)cn1. The Bertz CT molecular complexity index is 618. The van der Waals surface area contributed by atoms with Gasteiger partial charge in [-0.1, -0.05) is 11.6 Å². The summed E-state index contributed by atoms with van der Waals surface area (Å²) in [6.07, 6.45) is 6.42. The topological polar surface area (TPSA) is 52.0 Å². The van der Waals surface area contributed by atoms with E-state index in [-0.39, 0.29) is 12.1 Å². The number of nitrogens with one attached hydrogen (secondary N) is 1. The minimum absolute atomic E-state index is 0.0230. The first-order chi connectivity index (χ1) is 9.63. The second kappa shape index (κ2) is 5.71. The lowest BCUT2D eigenvalue weighted by molar-refractivity contribution is 0.107. The highest BCUT2D eigenvalue weighted by molar-refractivity contribution is 9.10. The number of hydrogen-bond donors (Lipinski definition) is 1. The van der Waals surface area contributed by atoms with Gasteiger partial charge in [0.1, 0.15) is 11.9 Å². The van der Waals surface area contributed by atoms with Crippen LogP contribution in [0.4, 0.5) is 5.82 Å². The molecule has 106 valence electrons. The number of anilines is 1. The Labute approximate surface area is 130 Å². The number of hydrogen-bond acceptors (Lipinski definition) is 4. The van der Waals surface area contributed by atoms with Crippen LogP contribution < -0.4 is 5.32 Å². The van der Waals surface area contributed by atoms with Crippen molar-refractivity contribution < 1.29 is 4.74 Å². The van der Waals surface area contributed by atoms with Crippen LogP contribution in [0, 0.1) is 0 Å². The number of nitrogens with zero attached hydrogens (tertiary/aromatic N) is 3. The Morgan fingerprint density at radius 1 is 1.50 bits per heavy atom. The summed E-state index contributed by atoms with van der Waals surface area (Å²) in [6.45, 7) is 0.714. The standard InChI is InChI=1S/C13H14BrClN4O/c1-19-7-8(5-17-19)12-11(2-3-20-12)18-13-10(15)4-9(14)6-16-13/h4-7,11-12H,2-3H2,1H3,(H,16,18)/t11-,12+/m0/s1. The fourth-order valence-electron chi connectivity index (χ4n) is 2.35. The van der Waals surface area contributed by atoms with Crippen molar-refractivity contribution >= 4 is 33.3 Å². The molecule has 0 aromatic carbocycles. The minimum Gasteiger partial charge on any atom is -0.371 e. The van der Waals surface area contributed by atoms with Crippen LogP contribution in [0.25, 0.3) is 0 Å². The lowest BCUT2D eigenvalue weighted by Gasteiger charge is -2.20. The van der Waals surface area contributed by atoms with E-state index in [1.54, 1.807) is 10.9 Å². The summed E-state index contributed by atoms with van der Waals surface area (Å²) in [5, 5.41) is 8.15. The summed E-state index contributed by atoms with van der Waals surface area (Å²) in [6, 6.07) is 1.97. The van der Waals surface area contributed by atoms with Gasteiger partial charge >= 0.3 is 0 Å². The summed E-state index contributed by atoms with van der Waals surface area (Å²) in [5.74, 6) is 0.680. The monoisotopic (exact) mass is 356 g/mol. The van der Waals surface area contributed by atoms with E-state index >= 15 is 0 Å². The molecule has 20 heavy (non-hydrogen) atoms. The van der Waals surface area contributed by atoms with Crippen LogP contribution in [-0.2, 0) is 11.8 Å². The number of pyridine rings is 1. The molecule has 3 rings (SSSR count). The molecule has 0 saturated carbocycles. The van der Waals surface area contributed by atoms with E-state index in [1.165, 1.54) is 0 Å². The molecule has 7 heteroatoms. The van der Waals surface area contributed by atoms with Crippen molar-refractivity contribution in [2.75, 3.05) is 11.9 Å². The van der Waals surface area contributed by atoms with E-state index in [9.17, 15) is 0 Å². The number of aryl methyl sites for hydroxylation is 1. The maximum Gasteiger partial charge on any atom is 0.145 e. The molecule has 3 heterocycles. The molecular weight excluding hydrogens is 344 g/mol. The molecule has 2 aromatic heterocycles. The number of aromatic nitrogens is 3. The van der Waals surface area contributed by atoms with Gasteiger partial charge in [-0.15, -0.1) is 0 Å². The summed E-state index contributed by atoms with van der Waals surface area (Å²) in [7, 11) is 1.90. The number of rotatable bonds is 3. The average Bonchev–Trinajstić information content (AvgIpc) is 3.01. The van der Waals surface area contributed by atoms with Gasteiger partial charge in [-0.2, -0.15) is 5.10 Å². The normalized spacial score (nSPS) is 22.1. The minimum atomic E-state index is -0.0230. The van der Waals surface area contributed by atoms with Gasteiger partial charge in [-0.05, 0) is 28.4 Å². The summed E-state index contributed by atoms with van der Waals surface area (Å²) in [5.41, 5.74) is 1.07. The van der Waals surface area contributed by atoms with E-state index in [2.05, 4.69) is 31.3 Å². The van der Waals surface area contributed by atoms with E-state index in [4.69, 9.17) is 16.3 Å². The molecule has 0 bridgehead atoms. The van der Waals surface area contributed by atoms with Gasteiger partial charge in [0, 0.05) is 36.1 Å². The van der Waals surface area contributed by atoms with Crippen LogP contribution in [-0.4, -0.2) is 27.4 Å². The molecule has 1 aliphatic rings. The molecular formula is C13H14BrClN4O. The van der Waals surface area contributed by atoms with Gasteiger partial charge in [0.05, 0.1) is 17.3 Å². The Kier molecular flexibility index (Phi) is 3.96. The van der Waals surface area contributed by atoms with Gasteiger partial charge < -0.3 is 10.1 Å². The zero-order chi connectivity index (χ0) is 14.1. The molecule has 1 N–H and O–H groups in total. The highest BCUT2D eigenvalue weighted by atomic mass is 79.9. The van der Waals surface area contributed by atoms with Crippen molar-refractivity contribution in [2.45, 2.75) is 18.6 Å². The lowest BCUT2D eigenvalue weighted by Crippen LogP contribution is -2.23. The smallest absolute Gasteiger partial charge is 0.145 e. The molecule has 5 nitrogen and oxygen atoms in total. The summed E-state index contributed by atoms with van der Waals surface area (Å²) in [4.78, 5) is 4.31. The van der Waals surface area contributed by atoms with Gasteiger partial charge in [0.2, 0.25) is 0 Å². The zero-order valence-corrected chi connectivity index (χ0v) is 13.2. The highest BCUT2D eigenvalue weighted by Crippen LogP contribution is 2.32. The predicted octanol–water partition coefficient (Wildman–Crippen LogP) is 3.17. The van der Waals surface area contributed by atoms with E-state index in [0.717, 1.165) is 16.5 Å². The first-order valence-corrected chi connectivity index (χ1v) is 7.48. The van der Waals surface area contributed by atoms with Crippen molar-refractivity contribution in [3.05, 3.63) is 39.7 Å². The molecule has 0 amide bonds.